The fraction of sp³-hybridized carbons (Fsp3) is 0.533. The van der Waals surface area contributed by atoms with E-state index in [9.17, 15) is 13.2 Å². The van der Waals surface area contributed by atoms with Gasteiger partial charge in [0.05, 0.1) is 17.9 Å². The summed E-state index contributed by atoms with van der Waals surface area (Å²) in [6.45, 7) is 4.08. The largest absolute Gasteiger partial charge is 0.496 e. The van der Waals surface area contributed by atoms with E-state index in [2.05, 4.69) is 0 Å². The molecule has 22 heavy (non-hydrogen) atoms. The smallest absolute Gasteiger partial charge is 0.306 e. The monoisotopic (exact) mass is 327 g/mol. The summed E-state index contributed by atoms with van der Waals surface area (Å²) in [5.41, 5.74) is 1.54. The number of rotatable bonds is 4. The maximum absolute atomic E-state index is 12.8. The van der Waals surface area contributed by atoms with Gasteiger partial charge in [0.2, 0.25) is 10.0 Å². The summed E-state index contributed by atoms with van der Waals surface area (Å²) in [6, 6.07) is 3.33. The highest BCUT2D eigenvalue weighted by molar-refractivity contribution is 7.89. The molecule has 1 aromatic rings. The SMILES string of the molecule is COc1cc(S(=O)(=O)N2CCC(C(=O)O)CC2)c(C)cc1C. The molecule has 1 aromatic carbocycles. The molecular formula is C15H21NO5S. The van der Waals surface area contributed by atoms with E-state index >= 15 is 0 Å². The van der Waals surface area contributed by atoms with Gasteiger partial charge in [-0.2, -0.15) is 4.31 Å². The predicted molar refractivity (Wildman–Crippen MR) is 81.6 cm³/mol. The van der Waals surface area contributed by atoms with Gasteiger partial charge < -0.3 is 9.84 Å². The number of benzene rings is 1. The number of aryl methyl sites for hydroxylation is 2. The number of methoxy groups -OCH3 is 1. The Bertz CT molecular complexity index is 675. The first kappa shape index (κ1) is 16.8. The van der Waals surface area contributed by atoms with Crippen molar-refractivity contribution in [2.45, 2.75) is 31.6 Å². The van der Waals surface area contributed by atoms with Crippen molar-refractivity contribution in [2.24, 2.45) is 5.92 Å². The van der Waals surface area contributed by atoms with Crippen molar-refractivity contribution in [1.82, 2.24) is 4.31 Å². The quantitative estimate of drug-likeness (QED) is 0.911. The van der Waals surface area contributed by atoms with Crippen molar-refractivity contribution < 1.29 is 23.1 Å². The molecule has 0 amide bonds. The second kappa shape index (κ2) is 6.26. The van der Waals surface area contributed by atoms with Crippen LogP contribution in [0.15, 0.2) is 17.0 Å². The molecule has 1 aliphatic rings. The average molecular weight is 327 g/mol. The molecule has 0 bridgehead atoms. The van der Waals surface area contributed by atoms with Gasteiger partial charge in [-0.05, 0) is 37.8 Å². The molecule has 0 aromatic heterocycles. The number of carboxylic acid groups (broad SMARTS) is 1. The molecule has 2 rings (SSSR count). The lowest BCUT2D eigenvalue weighted by atomic mass is 9.99. The Balaban J connectivity index is 2.30. The minimum absolute atomic E-state index is 0.226. The molecule has 122 valence electrons. The number of aliphatic carboxylic acids is 1. The second-order valence-electron chi connectivity index (χ2n) is 5.60. The van der Waals surface area contributed by atoms with Crippen molar-refractivity contribution in [2.75, 3.05) is 20.2 Å². The molecule has 0 unspecified atom stereocenters. The molecule has 1 heterocycles. The van der Waals surface area contributed by atoms with E-state index in [4.69, 9.17) is 9.84 Å². The number of sulfonamides is 1. The molecule has 1 aliphatic heterocycles. The van der Waals surface area contributed by atoms with Crippen LogP contribution in [0.1, 0.15) is 24.0 Å². The number of hydrogen-bond acceptors (Lipinski definition) is 4. The molecule has 0 aliphatic carbocycles. The van der Waals surface area contributed by atoms with Crippen LogP contribution in [-0.4, -0.2) is 44.0 Å². The minimum Gasteiger partial charge on any atom is -0.496 e. The van der Waals surface area contributed by atoms with Crippen LogP contribution in [-0.2, 0) is 14.8 Å². The third kappa shape index (κ3) is 3.10. The Morgan fingerprint density at radius 2 is 1.82 bits per heavy atom. The number of ether oxygens (including phenoxy) is 1. The summed E-state index contributed by atoms with van der Waals surface area (Å²) in [7, 11) is -2.12. The average Bonchev–Trinajstić information content (AvgIpc) is 2.47. The molecule has 7 heteroatoms. The van der Waals surface area contributed by atoms with Gasteiger partial charge in [0.1, 0.15) is 5.75 Å². The van der Waals surface area contributed by atoms with E-state index < -0.39 is 21.9 Å². The van der Waals surface area contributed by atoms with Gasteiger partial charge in [-0.15, -0.1) is 0 Å². The lowest BCUT2D eigenvalue weighted by Crippen LogP contribution is -2.40. The van der Waals surface area contributed by atoms with Crippen LogP contribution in [0.2, 0.25) is 0 Å². The number of nitrogens with zero attached hydrogens (tertiary/aromatic N) is 1. The van der Waals surface area contributed by atoms with E-state index in [1.165, 1.54) is 11.4 Å². The molecule has 0 spiro atoms. The zero-order valence-electron chi connectivity index (χ0n) is 13.0. The molecule has 0 saturated carbocycles. The lowest BCUT2D eigenvalue weighted by Gasteiger charge is -2.30. The highest BCUT2D eigenvalue weighted by Crippen LogP contribution is 2.30. The highest BCUT2D eigenvalue weighted by Gasteiger charge is 2.33. The molecule has 0 atom stereocenters. The molecule has 1 fully saturated rings. The fourth-order valence-electron chi connectivity index (χ4n) is 2.79. The summed E-state index contributed by atoms with van der Waals surface area (Å²) in [6.07, 6.45) is 0.688. The van der Waals surface area contributed by atoms with Crippen LogP contribution in [0.3, 0.4) is 0 Å². The maximum Gasteiger partial charge on any atom is 0.306 e. The van der Waals surface area contributed by atoms with Crippen molar-refractivity contribution >= 4 is 16.0 Å². The van der Waals surface area contributed by atoms with Crippen LogP contribution in [0, 0.1) is 19.8 Å². The van der Waals surface area contributed by atoms with Crippen molar-refractivity contribution in [3.05, 3.63) is 23.3 Å². The van der Waals surface area contributed by atoms with Crippen molar-refractivity contribution in [3.8, 4) is 5.75 Å². The Morgan fingerprint density at radius 1 is 1.23 bits per heavy atom. The van der Waals surface area contributed by atoms with Gasteiger partial charge in [0.15, 0.2) is 0 Å². The second-order valence-corrected chi connectivity index (χ2v) is 7.51. The Morgan fingerprint density at radius 3 is 2.32 bits per heavy atom. The van der Waals surface area contributed by atoms with Gasteiger partial charge in [-0.25, -0.2) is 8.42 Å². The molecule has 0 radical (unpaired) electrons. The fourth-order valence-corrected chi connectivity index (χ4v) is 4.49. The maximum atomic E-state index is 12.8. The number of carboxylic acids is 1. The minimum atomic E-state index is -3.63. The predicted octanol–water partition coefficient (Wildman–Crippen LogP) is 1.80. The Hall–Kier alpha value is -1.60. The van der Waals surface area contributed by atoms with Crippen molar-refractivity contribution in [3.63, 3.8) is 0 Å². The zero-order valence-corrected chi connectivity index (χ0v) is 13.8. The number of piperidine rings is 1. The van der Waals surface area contributed by atoms with Crippen LogP contribution < -0.4 is 4.74 Å². The van der Waals surface area contributed by atoms with Crippen LogP contribution in [0.4, 0.5) is 0 Å². The Kier molecular flexibility index (Phi) is 4.77. The van der Waals surface area contributed by atoms with E-state index in [0.29, 0.717) is 24.2 Å². The van der Waals surface area contributed by atoms with Crippen molar-refractivity contribution in [1.29, 1.82) is 0 Å². The molecular weight excluding hydrogens is 306 g/mol. The van der Waals surface area contributed by atoms with Crippen LogP contribution >= 0.6 is 0 Å². The zero-order chi connectivity index (χ0) is 16.5. The third-order valence-electron chi connectivity index (χ3n) is 4.11. The molecule has 6 nitrogen and oxygen atoms in total. The summed E-state index contributed by atoms with van der Waals surface area (Å²) < 4.78 is 32.1. The summed E-state index contributed by atoms with van der Waals surface area (Å²) in [5, 5.41) is 9.00. The standard InChI is InChI=1S/C15H21NO5S/c1-10-8-11(2)14(9-13(10)21-3)22(19,20)16-6-4-12(5-7-16)15(17)18/h8-9,12H,4-7H2,1-3H3,(H,17,18). The summed E-state index contributed by atoms with van der Waals surface area (Å²) in [4.78, 5) is 11.2. The van der Waals surface area contributed by atoms with Gasteiger partial charge in [0, 0.05) is 19.2 Å². The third-order valence-corrected chi connectivity index (χ3v) is 6.15. The van der Waals surface area contributed by atoms with Gasteiger partial charge in [0.25, 0.3) is 0 Å². The van der Waals surface area contributed by atoms with E-state index in [1.54, 1.807) is 19.1 Å². The van der Waals surface area contributed by atoms with Gasteiger partial charge >= 0.3 is 5.97 Å². The van der Waals surface area contributed by atoms with Crippen LogP contribution in [0.25, 0.3) is 0 Å². The number of carbonyl (C=O) groups is 1. The highest BCUT2D eigenvalue weighted by atomic mass is 32.2. The Labute approximate surface area is 130 Å². The first-order valence-corrected chi connectivity index (χ1v) is 8.59. The summed E-state index contributed by atoms with van der Waals surface area (Å²) >= 11 is 0. The van der Waals surface area contributed by atoms with Gasteiger partial charge in [-0.3, -0.25) is 4.79 Å². The molecule has 1 saturated heterocycles. The lowest BCUT2D eigenvalue weighted by molar-refractivity contribution is -0.142. The van der Waals surface area contributed by atoms with Crippen LogP contribution in [0.5, 0.6) is 5.75 Å². The first-order chi connectivity index (χ1) is 10.3. The molecule has 1 N–H and O–H groups in total. The summed E-state index contributed by atoms with van der Waals surface area (Å²) in [5.74, 6) is -0.782. The van der Waals surface area contributed by atoms with E-state index in [1.807, 2.05) is 6.92 Å². The van der Waals surface area contributed by atoms with Gasteiger partial charge in [-0.1, -0.05) is 6.07 Å². The van der Waals surface area contributed by atoms with E-state index in [-0.39, 0.29) is 18.0 Å². The van der Waals surface area contributed by atoms with E-state index in [0.717, 1.165) is 5.56 Å². The first-order valence-electron chi connectivity index (χ1n) is 7.15. The number of hydrogen-bond donors (Lipinski definition) is 1. The normalized spacial score (nSPS) is 17.4. The topological polar surface area (TPSA) is 83.9 Å².